The average Bonchev–Trinajstić information content (AvgIpc) is 2.82. The fourth-order valence-electron chi connectivity index (χ4n) is 1.99. The zero-order valence-electron chi connectivity index (χ0n) is 10.2. The van der Waals surface area contributed by atoms with E-state index < -0.39 is 0 Å². The SMILES string of the molecule is Cn1ccnc1CNc1cccc2cccnc12. The second-order valence-electron chi connectivity index (χ2n) is 4.19. The molecule has 0 fully saturated rings. The van der Waals surface area contributed by atoms with Gasteiger partial charge in [-0.3, -0.25) is 4.98 Å². The number of nitrogens with zero attached hydrogens (tertiary/aromatic N) is 3. The molecule has 1 aromatic carbocycles. The van der Waals surface area contributed by atoms with Gasteiger partial charge >= 0.3 is 0 Å². The largest absolute Gasteiger partial charge is 0.376 e. The van der Waals surface area contributed by atoms with Gasteiger partial charge in [0.05, 0.1) is 17.7 Å². The highest BCUT2D eigenvalue weighted by Gasteiger charge is 2.03. The summed E-state index contributed by atoms with van der Waals surface area (Å²) in [6.07, 6.45) is 5.56. The first-order valence-corrected chi connectivity index (χ1v) is 5.88. The molecule has 0 amide bonds. The number of pyridine rings is 1. The van der Waals surface area contributed by atoms with Gasteiger partial charge in [0.2, 0.25) is 0 Å². The second-order valence-corrected chi connectivity index (χ2v) is 4.19. The summed E-state index contributed by atoms with van der Waals surface area (Å²) < 4.78 is 2.01. The van der Waals surface area contributed by atoms with E-state index in [0.717, 1.165) is 22.4 Å². The number of hydrogen-bond donors (Lipinski definition) is 1. The number of para-hydroxylation sites is 1. The van der Waals surface area contributed by atoms with Gasteiger partial charge in [-0.1, -0.05) is 18.2 Å². The minimum atomic E-state index is 0.694. The van der Waals surface area contributed by atoms with Gasteiger partial charge in [-0.05, 0) is 12.1 Å². The van der Waals surface area contributed by atoms with Crippen molar-refractivity contribution in [2.45, 2.75) is 6.54 Å². The van der Waals surface area contributed by atoms with E-state index >= 15 is 0 Å². The lowest BCUT2D eigenvalue weighted by molar-refractivity contribution is 0.813. The molecule has 0 radical (unpaired) electrons. The lowest BCUT2D eigenvalue weighted by atomic mass is 10.2. The normalized spacial score (nSPS) is 10.7. The van der Waals surface area contributed by atoms with Crippen LogP contribution in [-0.4, -0.2) is 14.5 Å². The number of hydrogen-bond acceptors (Lipinski definition) is 3. The van der Waals surface area contributed by atoms with Gasteiger partial charge in [0.1, 0.15) is 5.82 Å². The molecule has 2 aromatic heterocycles. The van der Waals surface area contributed by atoms with Crippen LogP contribution in [-0.2, 0) is 13.6 Å². The van der Waals surface area contributed by atoms with Crippen LogP contribution in [0.2, 0.25) is 0 Å². The van der Waals surface area contributed by atoms with Gasteiger partial charge in [0.15, 0.2) is 0 Å². The molecule has 18 heavy (non-hydrogen) atoms. The third-order valence-corrected chi connectivity index (χ3v) is 2.99. The number of benzene rings is 1. The van der Waals surface area contributed by atoms with Gasteiger partial charge in [0.25, 0.3) is 0 Å². The van der Waals surface area contributed by atoms with E-state index in [-0.39, 0.29) is 0 Å². The number of aryl methyl sites for hydroxylation is 1. The van der Waals surface area contributed by atoms with Crippen molar-refractivity contribution in [2.24, 2.45) is 7.05 Å². The fourth-order valence-corrected chi connectivity index (χ4v) is 1.99. The Labute approximate surface area is 105 Å². The number of fused-ring (bicyclic) bond motifs is 1. The molecule has 0 unspecified atom stereocenters. The van der Waals surface area contributed by atoms with Crippen molar-refractivity contribution < 1.29 is 0 Å². The highest BCUT2D eigenvalue weighted by molar-refractivity contribution is 5.90. The highest BCUT2D eigenvalue weighted by Crippen LogP contribution is 2.20. The van der Waals surface area contributed by atoms with E-state index in [9.17, 15) is 0 Å². The van der Waals surface area contributed by atoms with Crippen LogP contribution in [0.25, 0.3) is 10.9 Å². The molecule has 4 nitrogen and oxygen atoms in total. The molecule has 4 heteroatoms. The number of anilines is 1. The molecule has 0 aliphatic heterocycles. The number of aromatic nitrogens is 3. The summed E-state index contributed by atoms with van der Waals surface area (Å²) in [5, 5.41) is 4.53. The van der Waals surface area contributed by atoms with E-state index in [1.54, 1.807) is 6.20 Å². The Morgan fingerprint density at radius 2 is 2.00 bits per heavy atom. The van der Waals surface area contributed by atoms with Crippen LogP contribution in [0.1, 0.15) is 5.82 Å². The van der Waals surface area contributed by atoms with Crippen LogP contribution in [0.3, 0.4) is 0 Å². The maximum atomic E-state index is 4.41. The van der Waals surface area contributed by atoms with Crippen molar-refractivity contribution in [1.29, 1.82) is 0 Å². The molecule has 0 aliphatic rings. The van der Waals surface area contributed by atoms with Crippen LogP contribution in [0, 0.1) is 0 Å². The standard InChI is InChI=1S/C14H14N4/c1-18-9-8-15-13(18)10-17-12-6-2-4-11-5-3-7-16-14(11)12/h2-9,17H,10H2,1H3. The molecule has 3 rings (SSSR count). The van der Waals surface area contributed by atoms with Gasteiger partial charge in [-0.25, -0.2) is 4.98 Å². The van der Waals surface area contributed by atoms with Crippen molar-refractivity contribution in [3.8, 4) is 0 Å². The molecular weight excluding hydrogens is 224 g/mol. The maximum Gasteiger partial charge on any atom is 0.127 e. The van der Waals surface area contributed by atoms with Crippen LogP contribution in [0.15, 0.2) is 48.9 Å². The van der Waals surface area contributed by atoms with Crippen molar-refractivity contribution in [1.82, 2.24) is 14.5 Å². The Hall–Kier alpha value is -2.36. The van der Waals surface area contributed by atoms with Crippen molar-refractivity contribution >= 4 is 16.6 Å². The Balaban J connectivity index is 1.89. The second kappa shape index (κ2) is 4.49. The summed E-state index contributed by atoms with van der Waals surface area (Å²) in [4.78, 5) is 8.70. The zero-order valence-corrected chi connectivity index (χ0v) is 10.2. The van der Waals surface area contributed by atoms with Crippen molar-refractivity contribution in [3.05, 3.63) is 54.7 Å². The lowest BCUT2D eigenvalue weighted by Crippen LogP contribution is -2.06. The van der Waals surface area contributed by atoms with Crippen LogP contribution in [0.5, 0.6) is 0 Å². The Kier molecular flexibility index (Phi) is 2.68. The molecule has 90 valence electrons. The molecule has 0 saturated heterocycles. The van der Waals surface area contributed by atoms with Crippen LogP contribution >= 0.6 is 0 Å². The zero-order chi connectivity index (χ0) is 12.4. The van der Waals surface area contributed by atoms with Gasteiger partial charge in [-0.15, -0.1) is 0 Å². The maximum absolute atomic E-state index is 4.41. The summed E-state index contributed by atoms with van der Waals surface area (Å²) >= 11 is 0. The Bertz CT molecular complexity index is 667. The molecule has 0 saturated carbocycles. The molecule has 1 N–H and O–H groups in total. The minimum Gasteiger partial charge on any atom is -0.376 e. The minimum absolute atomic E-state index is 0.694. The van der Waals surface area contributed by atoms with Gasteiger partial charge < -0.3 is 9.88 Å². The smallest absolute Gasteiger partial charge is 0.127 e. The van der Waals surface area contributed by atoms with Crippen molar-refractivity contribution in [3.63, 3.8) is 0 Å². The lowest BCUT2D eigenvalue weighted by Gasteiger charge is -2.08. The quantitative estimate of drug-likeness (QED) is 0.762. The van der Waals surface area contributed by atoms with Crippen LogP contribution < -0.4 is 5.32 Å². The molecule has 0 aliphatic carbocycles. The summed E-state index contributed by atoms with van der Waals surface area (Å²) in [6, 6.07) is 10.1. The van der Waals surface area contributed by atoms with Crippen LogP contribution in [0.4, 0.5) is 5.69 Å². The fraction of sp³-hybridized carbons (Fsp3) is 0.143. The number of imidazole rings is 1. The first-order valence-electron chi connectivity index (χ1n) is 5.88. The first-order chi connectivity index (χ1) is 8.84. The third kappa shape index (κ3) is 1.93. The number of rotatable bonds is 3. The Morgan fingerprint density at radius 1 is 1.11 bits per heavy atom. The van der Waals surface area contributed by atoms with E-state index in [1.807, 2.05) is 42.2 Å². The number of nitrogens with one attached hydrogen (secondary N) is 1. The predicted molar refractivity (Wildman–Crippen MR) is 72.3 cm³/mol. The van der Waals surface area contributed by atoms with E-state index in [1.165, 1.54) is 0 Å². The van der Waals surface area contributed by atoms with E-state index in [4.69, 9.17) is 0 Å². The summed E-state index contributed by atoms with van der Waals surface area (Å²) in [5.41, 5.74) is 2.03. The average molecular weight is 238 g/mol. The summed E-state index contributed by atoms with van der Waals surface area (Å²) in [7, 11) is 1.99. The molecular formula is C14H14N4. The highest BCUT2D eigenvalue weighted by atomic mass is 15.1. The topological polar surface area (TPSA) is 42.7 Å². The molecule has 3 aromatic rings. The summed E-state index contributed by atoms with van der Waals surface area (Å²) in [6.45, 7) is 0.694. The van der Waals surface area contributed by atoms with Crippen molar-refractivity contribution in [2.75, 3.05) is 5.32 Å². The van der Waals surface area contributed by atoms with E-state index in [0.29, 0.717) is 6.54 Å². The Morgan fingerprint density at radius 3 is 2.83 bits per heavy atom. The summed E-state index contributed by atoms with van der Waals surface area (Å²) in [5.74, 6) is 1.00. The monoisotopic (exact) mass is 238 g/mol. The molecule has 0 spiro atoms. The molecule has 0 bridgehead atoms. The van der Waals surface area contributed by atoms with Gasteiger partial charge in [-0.2, -0.15) is 0 Å². The van der Waals surface area contributed by atoms with Gasteiger partial charge in [0, 0.05) is 31.0 Å². The predicted octanol–water partition coefficient (Wildman–Crippen LogP) is 2.58. The molecule has 2 heterocycles. The van der Waals surface area contributed by atoms with E-state index in [2.05, 4.69) is 27.4 Å². The first kappa shape index (κ1) is 10.8. The third-order valence-electron chi connectivity index (χ3n) is 2.99. The molecule has 0 atom stereocenters.